The topological polar surface area (TPSA) is 206 Å². The molecule has 0 saturated heterocycles. The summed E-state index contributed by atoms with van der Waals surface area (Å²) in [6.45, 7) is 0. The Bertz CT molecular complexity index is 2830. The summed E-state index contributed by atoms with van der Waals surface area (Å²) in [4.78, 5) is 47.7. The SMILES string of the molecule is O=[N+]([O-])[Fe]([c]1cccc2c3nc4nc(nc5[nH]c(nc6nc(nc([nH]3)c12)-c1ccccc1-6)c1ccccc51)-c1ccccc1-4)[S](=O)(=O)O. The van der Waals surface area contributed by atoms with Crippen LogP contribution in [0.5, 0.6) is 0 Å². The van der Waals surface area contributed by atoms with Crippen LogP contribution in [0, 0.1) is 10.1 Å². The van der Waals surface area contributed by atoms with Gasteiger partial charge in [-0.2, -0.15) is 0 Å². The van der Waals surface area contributed by atoms with Crippen LogP contribution in [0.4, 0.5) is 0 Å². The van der Waals surface area contributed by atoms with E-state index in [-0.39, 0.29) is 27.0 Å². The molecule has 0 aliphatic carbocycles. The third-order valence-corrected chi connectivity index (χ3v) is 12.3. The fourth-order valence-corrected chi connectivity index (χ4v) is 9.37. The van der Waals surface area contributed by atoms with Crippen LogP contribution in [0.3, 0.4) is 0 Å². The van der Waals surface area contributed by atoms with Crippen molar-refractivity contribution in [2.75, 3.05) is 0 Å². The van der Waals surface area contributed by atoms with E-state index in [1.165, 1.54) is 12.1 Å². The summed E-state index contributed by atoms with van der Waals surface area (Å²) in [6.07, 6.45) is 0. The van der Waals surface area contributed by atoms with Crippen LogP contribution in [0.15, 0.2) is 91.0 Å². The first kappa shape index (κ1) is 28.3. The van der Waals surface area contributed by atoms with E-state index in [2.05, 4.69) is 9.97 Å². The standard InChI is InChI=1S/C32H17N8.Fe.NO2.HO3S/c1-2-10-18-17(9-1)25-33-26(18)38-28-21-13-5-6-14-22(21)30(35-28)40-32-24-16-8-7-15-23(24)31(36-32)39-29-20-12-4-3-11-19(20)27(34-29)37-25;;2-1-3;1-4(2)3/h1-15H,(H2,33,34,35,36,37,38,39,40);;;(H,1,2,3). The normalized spacial score (nSPS) is 12.6. The van der Waals surface area contributed by atoms with Gasteiger partial charge >= 0.3 is 268 Å². The number of hydrogen-bond donors (Lipinski definition) is 3. The number of fused-ring (bicyclic) bond motifs is 20. The number of nitro groups is 1. The van der Waals surface area contributed by atoms with Crippen molar-refractivity contribution in [1.82, 2.24) is 39.9 Å². The Hall–Kier alpha value is -5.93. The van der Waals surface area contributed by atoms with E-state index in [0.29, 0.717) is 50.8 Å². The zero-order chi connectivity index (χ0) is 32.7. The van der Waals surface area contributed by atoms with Crippen LogP contribution in [-0.2, 0) is 21.5 Å². The van der Waals surface area contributed by atoms with Gasteiger partial charge in [0.2, 0.25) is 0 Å². The molecular formula is C32H18FeN9O5S. The van der Waals surface area contributed by atoms with Gasteiger partial charge in [0, 0.05) is 0 Å². The van der Waals surface area contributed by atoms with Gasteiger partial charge in [0.25, 0.3) is 0 Å². The fraction of sp³-hybridized carbons (Fsp3) is 0. The number of hydrogen-bond acceptors (Lipinski definition) is 10. The number of nitrogens with zero attached hydrogens (tertiary/aromatic N) is 7. The quantitative estimate of drug-likeness (QED) is 0.0958. The van der Waals surface area contributed by atoms with E-state index in [9.17, 15) is 23.1 Å². The molecule has 5 heterocycles. The van der Waals surface area contributed by atoms with E-state index < -0.39 is 25.5 Å². The first-order valence-corrected chi connectivity index (χ1v) is 18.0. The van der Waals surface area contributed by atoms with Gasteiger partial charge in [-0.1, -0.05) is 6.07 Å². The molecule has 0 saturated carbocycles. The van der Waals surface area contributed by atoms with Crippen molar-refractivity contribution < 1.29 is 29.9 Å². The van der Waals surface area contributed by atoms with Crippen LogP contribution in [-0.4, -0.2) is 56.8 Å². The first-order valence-electron chi connectivity index (χ1n) is 14.3. The van der Waals surface area contributed by atoms with Gasteiger partial charge in [0.15, 0.2) is 0 Å². The molecule has 0 unspecified atom stereocenters. The second-order valence-corrected chi connectivity index (χ2v) is 16.0. The van der Waals surface area contributed by atoms with Crippen LogP contribution in [0.25, 0.3) is 89.7 Å². The zero-order valence-corrected chi connectivity index (χ0v) is 26.1. The Kier molecular flexibility index (Phi) is 6.06. The van der Waals surface area contributed by atoms with Gasteiger partial charge in [0.1, 0.15) is 0 Å². The van der Waals surface area contributed by atoms with E-state index in [1.54, 1.807) is 6.07 Å². The summed E-state index contributed by atoms with van der Waals surface area (Å²) in [7, 11) is -5.11. The molecule has 2 aliphatic rings. The van der Waals surface area contributed by atoms with Crippen molar-refractivity contribution >= 4 is 57.1 Å². The Morgan fingerprint density at radius 1 is 0.562 bits per heavy atom. The van der Waals surface area contributed by atoms with Crippen molar-refractivity contribution in [1.29, 1.82) is 0 Å². The monoisotopic (exact) mass is 696 g/mol. The molecule has 2 aliphatic heterocycles. The summed E-state index contributed by atoms with van der Waals surface area (Å²) < 4.78 is 33.6. The number of aromatic nitrogens is 8. The average molecular weight is 696 g/mol. The molecule has 0 radical (unpaired) electrons. The molecule has 4 aromatic carbocycles. The number of benzene rings is 4. The predicted molar refractivity (Wildman–Crippen MR) is 174 cm³/mol. The maximum atomic E-state index is 12.4. The van der Waals surface area contributed by atoms with Crippen LogP contribution >= 0.6 is 0 Å². The summed E-state index contributed by atoms with van der Waals surface area (Å²) in [5.74, 6) is 1.31. The molecule has 14 nitrogen and oxygen atoms in total. The van der Waals surface area contributed by atoms with E-state index in [4.69, 9.17) is 29.9 Å². The fourth-order valence-electron chi connectivity index (χ4n) is 6.00. The van der Waals surface area contributed by atoms with Crippen molar-refractivity contribution in [3.05, 3.63) is 101 Å². The number of rotatable bonds is 3. The molecule has 7 aromatic rings. The third-order valence-electron chi connectivity index (χ3n) is 7.97. The number of aromatic amines is 2. The Morgan fingerprint density at radius 3 is 1.42 bits per heavy atom. The predicted octanol–water partition coefficient (Wildman–Crippen LogP) is 5.11. The molecule has 3 N–H and O–H groups in total. The van der Waals surface area contributed by atoms with Gasteiger partial charge in [0.05, 0.1) is 0 Å². The van der Waals surface area contributed by atoms with Gasteiger partial charge in [-0.25, -0.2) is 0 Å². The Labute approximate surface area is 272 Å². The van der Waals surface area contributed by atoms with Gasteiger partial charge in [-0.15, -0.1) is 0 Å². The summed E-state index contributed by atoms with van der Waals surface area (Å²) in [6, 6.07) is 26.9. The minimum atomic E-state index is -5.11. The number of nitrogens with one attached hydrogen (secondary N) is 2. The van der Waals surface area contributed by atoms with E-state index in [1.807, 2.05) is 72.8 Å². The van der Waals surface area contributed by atoms with E-state index in [0.717, 1.165) is 16.3 Å². The first-order chi connectivity index (χ1) is 23.2. The molecule has 0 amide bonds. The molecule has 3 aromatic heterocycles. The molecule has 0 atom stereocenters. The molecule has 0 fully saturated rings. The zero-order valence-electron chi connectivity index (χ0n) is 24.1. The molecule has 16 heteroatoms. The van der Waals surface area contributed by atoms with E-state index >= 15 is 0 Å². The van der Waals surface area contributed by atoms with Crippen LogP contribution in [0.1, 0.15) is 0 Å². The van der Waals surface area contributed by atoms with Gasteiger partial charge < -0.3 is 0 Å². The molecule has 0 spiro atoms. The average Bonchev–Trinajstić information content (AvgIpc) is 3.80. The second kappa shape index (κ2) is 10.3. The summed E-state index contributed by atoms with van der Waals surface area (Å²) in [5.41, 5.74) is 4.11. The maximum absolute atomic E-state index is 12.4. The molecule has 235 valence electrons. The van der Waals surface area contributed by atoms with Crippen molar-refractivity contribution in [2.45, 2.75) is 0 Å². The van der Waals surface area contributed by atoms with Gasteiger partial charge in [-0.05, 0) is 0 Å². The Morgan fingerprint density at radius 2 is 0.958 bits per heavy atom. The van der Waals surface area contributed by atoms with Crippen molar-refractivity contribution in [3.63, 3.8) is 0 Å². The van der Waals surface area contributed by atoms with Gasteiger partial charge in [-0.3, -0.25) is 0 Å². The third kappa shape index (κ3) is 4.31. The molecular weight excluding hydrogens is 678 g/mol. The minimum absolute atomic E-state index is 0.0672. The van der Waals surface area contributed by atoms with Crippen LogP contribution in [0.2, 0.25) is 0 Å². The van der Waals surface area contributed by atoms with Crippen molar-refractivity contribution in [2.24, 2.45) is 0 Å². The Balaban J connectivity index is 1.51. The summed E-state index contributed by atoms with van der Waals surface area (Å²) >= 11 is -3.57. The van der Waals surface area contributed by atoms with Crippen LogP contribution < -0.4 is 4.46 Å². The number of H-pyrrole nitrogens is 2. The molecule has 9 rings (SSSR count). The second-order valence-electron chi connectivity index (χ2n) is 10.7. The molecule has 48 heavy (non-hydrogen) atoms. The molecule has 8 bridgehead atoms. The van der Waals surface area contributed by atoms with Crippen molar-refractivity contribution in [3.8, 4) is 45.6 Å². The summed E-state index contributed by atoms with van der Waals surface area (Å²) in [5, 5.41) is 14.2.